The van der Waals surface area contributed by atoms with Gasteiger partial charge >= 0.3 is 0 Å². The smallest absolute Gasteiger partial charge is 0.191 e. The molecule has 1 fully saturated rings. The van der Waals surface area contributed by atoms with Gasteiger partial charge in [0.1, 0.15) is 6.33 Å². The van der Waals surface area contributed by atoms with E-state index in [1.54, 1.807) is 13.4 Å². The maximum absolute atomic E-state index is 4.26. The van der Waals surface area contributed by atoms with Crippen molar-refractivity contribution in [3.63, 3.8) is 0 Å². The maximum atomic E-state index is 4.26. The predicted molar refractivity (Wildman–Crippen MR) is 105 cm³/mol. The van der Waals surface area contributed by atoms with Gasteiger partial charge in [0.05, 0.1) is 6.54 Å². The van der Waals surface area contributed by atoms with E-state index >= 15 is 0 Å². The third kappa shape index (κ3) is 7.05. The van der Waals surface area contributed by atoms with Gasteiger partial charge in [-0.05, 0) is 25.7 Å². The molecule has 2 rings (SSSR count). The largest absolute Gasteiger partial charge is 0.356 e. The van der Waals surface area contributed by atoms with Crippen LogP contribution in [0, 0.1) is 5.92 Å². The predicted octanol–water partition coefficient (Wildman–Crippen LogP) is 2.94. The first kappa shape index (κ1) is 20.2. The van der Waals surface area contributed by atoms with E-state index in [9.17, 15) is 0 Å². The first-order valence-corrected chi connectivity index (χ1v) is 8.64. The van der Waals surface area contributed by atoms with Crippen molar-refractivity contribution in [2.24, 2.45) is 10.9 Å². The summed E-state index contributed by atoms with van der Waals surface area (Å²) in [4.78, 5) is 4.26. The molecule has 0 amide bonds. The molecule has 0 aliphatic heterocycles. The first-order valence-electron chi connectivity index (χ1n) is 8.64. The lowest BCUT2D eigenvalue weighted by molar-refractivity contribution is 0.332. The number of guanidine groups is 1. The number of aryl methyl sites for hydroxylation is 1. The van der Waals surface area contributed by atoms with Crippen LogP contribution >= 0.6 is 24.0 Å². The standard InChI is InChI=1S/C16H30N6.HI/c1-3-22-13-20-21-15(22)12-19-16(17-2)18-11-7-10-14-8-5-4-6-9-14;/h13-14H,3-12H2,1-2H3,(H2,17,18,19);1H. The van der Waals surface area contributed by atoms with E-state index in [1.807, 2.05) is 4.57 Å². The maximum Gasteiger partial charge on any atom is 0.191 e. The molecule has 0 radical (unpaired) electrons. The zero-order valence-corrected chi connectivity index (χ0v) is 16.8. The molecular formula is C16H31IN6. The molecule has 132 valence electrons. The van der Waals surface area contributed by atoms with Crippen LogP contribution in [0.5, 0.6) is 0 Å². The van der Waals surface area contributed by atoms with Crippen molar-refractivity contribution in [1.82, 2.24) is 25.4 Å². The van der Waals surface area contributed by atoms with Crippen LogP contribution in [-0.2, 0) is 13.1 Å². The van der Waals surface area contributed by atoms with Crippen molar-refractivity contribution in [2.75, 3.05) is 13.6 Å². The zero-order valence-electron chi connectivity index (χ0n) is 14.4. The minimum atomic E-state index is 0. The third-order valence-electron chi connectivity index (χ3n) is 4.48. The molecule has 0 aromatic carbocycles. The van der Waals surface area contributed by atoms with E-state index in [-0.39, 0.29) is 24.0 Å². The molecule has 23 heavy (non-hydrogen) atoms. The van der Waals surface area contributed by atoms with Crippen molar-refractivity contribution < 1.29 is 0 Å². The first-order chi connectivity index (χ1) is 10.8. The molecule has 1 aliphatic carbocycles. The van der Waals surface area contributed by atoms with E-state index in [0.717, 1.165) is 30.8 Å². The Morgan fingerprint density at radius 2 is 2.09 bits per heavy atom. The fourth-order valence-corrected chi connectivity index (χ4v) is 3.14. The molecule has 2 N–H and O–H groups in total. The summed E-state index contributed by atoms with van der Waals surface area (Å²) in [7, 11) is 1.81. The molecule has 1 heterocycles. The summed E-state index contributed by atoms with van der Waals surface area (Å²) in [6, 6.07) is 0. The van der Waals surface area contributed by atoms with Crippen molar-refractivity contribution in [1.29, 1.82) is 0 Å². The summed E-state index contributed by atoms with van der Waals surface area (Å²) in [5.41, 5.74) is 0. The lowest BCUT2D eigenvalue weighted by atomic mass is 9.86. The quantitative estimate of drug-likeness (QED) is 0.300. The Balaban J connectivity index is 0.00000264. The minimum Gasteiger partial charge on any atom is -0.356 e. The van der Waals surface area contributed by atoms with E-state index in [2.05, 4.69) is 32.7 Å². The summed E-state index contributed by atoms with van der Waals surface area (Å²) in [6.45, 7) is 4.61. The van der Waals surface area contributed by atoms with E-state index in [1.165, 1.54) is 44.9 Å². The van der Waals surface area contributed by atoms with Crippen molar-refractivity contribution in [3.8, 4) is 0 Å². The average Bonchev–Trinajstić information content (AvgIpc) is 3.02. The van der Waals surface area contributed by atoms with Crippen LogP contribution in [0.1, 0.15) is 57.7 Å². The Morgan fingerprint density at radius 3 is 2.78 bits per heavy atom. The third-order valence-corrected chi connectivity index (χ3v) is 4.48. The minimum absolute atomic E-state index is 0. The summed E-state index contributed by atoms with van der Waals surface area (Å²) < 4.78 is 2.03. The number of halogens is 1. The van der Waals surface area contributed by atoms with E-state index in [4.69, 9.17) is 0 Å². The SMILES string of the molecule is CCn1cnnc1CNC(=NC)NCCCC1CCCCC1.I. The van der Waals surface area contributed by atoms with Crippen molar-refractivity contribution in [2.45, 2.75) is 65.0 Å². The van der Waals surface area contributed by atoms with Crippen LogP contribution in [0.4, 0.5) is 0 Å². The van der Waals surface area contributed by atoms with Gasteiger partial charge in [-0.3, -0.25) is 4.99 Å². The second kappa shape index (κ2) is 11.6. The van der Waals surface area contributed by atoms with Gasteiger partial charge in [-0.25, -0.2) is 0 Å². The second-order valence-electron chi connectivity index (χ2n) is 6.03. The Kier molecular flexibility index (Phi) is 10.2. The van der Waals surface area contributed by atoms with Gasteiger partial charge in [0.2, 0.25) is 0 Å². The Bertz CT molecular complexity index is 453. The number of aliphatic imine (C=N–C) groups is 1. The summed E-state index contributed by atoms with van der Waals surface area (Å²) in [5.74, 6) is 2.73. The Labute approximate surface area is 157 Å². The van der Waals surface area contributed by atoms with E-state index < -0.39 is 0 Å². The van der Waals surface area contributed by atoms with Crippen LogP contribution in [0.2, 0.25) is 0 Å². The van der Waals surface area contributed by atoms with Gasteiger partial charge < -0.3 is 15.2 Å². The fraction of sp³-hybridized carbons (Fsp3) is 0.812. The topological polar surface area (TPSA) is 67.1 Å². The molecule has 0 unspecified atom stereocenters. The van der Waals surface area contributed by atoms with Gasteiger partial charge in [0.25, 0.3) is 0 Å². The summed E-state index contributed by atoms with van der Waals surface area (Å²) >= 11 is 0. The van der Waals surface area contributed by atoms with Gasteiger partial charge in [-0.2, -0.15) is 0 Å². The highest BCUT2D eigenvalue weighted by molar-refractivity contribution is 14.0. The fourth-order valence-electron chi connectivity index (χ4n) is 3.14. The highest BCUT2D eigenvalue weighted by Crippen LogP contribution is 2.26. The zero-order chi connectivity index (χ0) is 15.6. The van der Waals surface area contributed by atoms with Crippen LogP contribution < -0.4 is 10.6 Å². The van der Waals surface area contributed by atoms with Crippen LogP contribution in [0.25, 0.3) is 0 Å². The molecule has 7 heteroatoms. The highest BCUT2D eigenvalue weighted by atomic mass is 127. The normalized spacial score (nSPS) is 16.0. The molecule has 1 aromatic heterocycles. The molecule has 0 atom stereocenters. The number of aromatic nitrogens is 3. The number of nitrogens with zero attached hydrogens (tertiary/aromatic N) is 4. The van der Waals surface area contributed by atoms with Gasteiger partial charge in [0, 0.05) is 20.1 Å². The number of hydrogen-bond donors (Lipinski definition) is 2. The van der Waals surface area contributed by atoms with Crippen molar-refractivity contribution >= 4 is 29.9 Å². The van der Waals surface area contributed by atoms with Gasteiger partial charge in [-0.15, -0.1) is 34.2 Å². The summed E-state index contributed by atoms with van der Waals surface area (Å²) in [6.07, 6.45) is 11.5. The Hall–Kier alpha value is -0.860. The second-order valence-corrected chi connectivity index (χ2v) is 6.03. The Morgan fingerprint density at radius 1 is 1.30 bits per heavy atom. The van der Waals surface area contributed by atoms with E-state index in [0.29, 0.717) is 6.54 Å². The molecule has 0 saturated heterocycles. The molecule has 0 spiro atoms. The monoisotopic (exact) mass is 434 g/mol. The molecule has 1 saturated carbocycles. The lowest BCUT2D eigenvalue weighted by Crippen LogP contribution is -2.38. The molecular weight excluding hydrogens is 403 g/mol. The molecule has 0 bridgehead atoms. The van der Waals surface area contributed by atoms with Crippen molar-refractivity contribution in [3.05, 3.63) is 12.2 Å². The molecule has 1 aliphatic rings. The summed E-state index contributed by atoms with van der Waals surface area (Å²) in [5, 5.41) is 14.7. The highest BCUT2D eigenvalue weighted by Gasteiger charge is 2.12. The molecule has 1 aromatic rings. The number of nitrogens with one attached hydrogen (secondary N) is 2. The van der Waals surface area contributed by atoms with Crippen LogP contribution in [0.15, 0.2) is 11.3 Å². The van der Waals surface area contributed by atoms with Gasteiger partial charge in [-0.1, -0.05) is 32.1 Å². The van der Waals surface area contributed by atoms with Crippen LogP contribution in [-0.4, -0.2) is 34.3 Å². The van der Waals surface area contributed by atoms with Crippen LogP contribution in [0.3, 0.4) is 0 Å². The number of rotatable bonds is 7. The van der Waals surface area contributed by atoms with Gasteiger partial charge in [0.15, 0.2) is 11.8 Å². The number of hydrogen-bond acceptors (Lipinski definition) is 3. The average molecular weight is 434 g/mol. The lowest BCUT2D eigenvalue weighted by Gasteiger charge is -2.21. The molecule has 6 nitrogen and oxygen atoms in total.